The van der Waals surface area contributed by atoms with Gasteiger partial charge in [0.05, 0.1) is 18.8 Å². The number of nitrogens with zero attached hydrogens (tertiary/aromatic N) is 2. The van der Waals surface area contributed by atoms with E-state index in [9.17, 15) is 0 Å². The predicted octanol–water partition coefficient (Wildman–Crippen LogP) is 1.90. The van der Waals surface area contributed by atoms with Gasteiger partial charge >= 0.3 is 0 Å². The Morgan fingerprint density at radius 3 is 3.00 bits per heavy atom. The third-order valence-electron chi connectivity index (χ3n) is 4.81. The number of benzene rings is 1. The van der Waals surface area contributed by atoms with Gasteiger partial charge < -0.3 is 10.8 Å². The largest absolute Gasteiger partial charge is 0.394 e. The highest BCUT2D eigenvalue weighted by Gasteiger charge is 2.54. The molecule has 1 fully saturated rings. The smallest absolute Gasteiger partial charge is 0.122 e. The van der Waals surface area contributed by atoms with Crippen LogP contribution < -0.4 is 5.73 Å². The number of nitrogens with two attached hydrogens (primary N) is 1. The molecule has 4 rings (SSSR count). The highest BCUT2D eigenvalue weighted by molar-refractivity contribution is 5.46. The van der Waals surface area contributed by atoms with E-state index in [0.29, 0.717) is 24.2 Å². The molecule has 0 spiro atoms. The number of aliphatic hydroxyl groups is 1. The van der Waals surface area contributed by atoms with Gasteiger partial charge in [-0.05, 0) is 35.8 Å². The second kappa shape index (κ2) is 4.35. The second-order valence-electron chi connectivity index (χ2n) is 5.89. The van der Waals surface area contributed by atoms with Gasteiger partial charge in [-0.15, -0.1) is 0 Å². The van der Waals surface area contributed by atoms with E-state index in [-0.39, 0.29) is 6.61 Å². The maximum absolute atomic E-state index is 9.03. The van der Waals surface area contributed by atoms with Crippen LogP contribution in [0.4, 0.5) is 5.82 Å². The number of anilines is 1. The summed E-state index contributed by atoms with van der Waals surface area (Å²) in [6.07, 6.45) is 2.43. The third-order valence-corrected chi connectivity index (χ3v) is 4.81. The molecule has 4 heteroatoms. The summed E-state index contributed by atoms with van der Waals surface area (Å²) in [6.45, 7) is 0.552. The van der Waals surface area contributed by atoms with Gasteiger partial charge in [0, 0.05) is 12.0 Å². The second-order valence-corrected chi connectivity index (χ2v) is 5.89. The molecule has 0 amide bonds. The van der Waals surface area contributed by atoms with Crippen molar-refractivity contribution >= 4 is 5.82 Å². The molecule has 3 N–H and O–H groups in total. The van der Waals surface area contributed by atoms with Gasteiger partial charge in [0.1, 0.15) is 5.82 Å². The lowest BCUT2D eigenvalue weighted by Gasteiger charge is -2.13. The summed E-state index contributed by atoms with van der Waals surface area (Å²) >= 11 is 0. The summed E-state index contributed by atoms with van der Waals surface area (Å²) in [5, 5.41) is 13.6. The molecule has 2 aromatic rings. The minimum atomic E-state index is 0.0751. The van der Waals surface area contributed by atoms with Crippen LogP contribution in [0.5, 0.6) is 0 Å². The first-order valence-electron chi connectivity index (χ1n) is 7.31. The molecule has 104 valence electrons. The van der Waals surface area contributed by atoms with Gasteiger partial charge in [-0.1, -0.05) is 24.3 Å². The quantitative estimate of drug-likeness (QED) is 0.894. The van der Waals surface area contributed by atoms with Crippen LogP contribution in [0.3, 0.4) is 0 Å². The standard InChI is InChI=1S/C16H19N3O/c17-14-9-13(18-19(14)7-8-20)16-12-6-5-10-3-1-2-4-11(10)15(12)16/h1-4,9,12,15-16,20H,5-8,17H2. The summed E-state index contributed by atoms with van der Waals surface area (Å²) in [6, 6.07) is 10.8. The number of hydrogen-bond donors (Lipinski definition) is 2. The lowest BCUT2D eigenvalue weighted by Crippen LogP contribution is -2.07. The molecule has 1 saturated carbocycles. The summed E-state index contributed by atoms with van der Waals surface area (Å²) in [5.41, 5.74) is 10.1. The zero-order valence-electron chi connectivity index (χ0n) is 11.4. The highest BCUT2D eigenvalue weighted by atomic mass is 16.3. The van der Waals surface area contributed by atoms with E-state index in [4.69, 9.17) is 10.8 Å². The minimum absolute atomic E-state index is 0.0751. The lowest BCUT2D eigenvalue weighted by atomic mass is 9.92. The van der Waals surface area contributed by atoms with E-state index < -0.39 is 0 Å². The first-order chi connectivity index (χ1) is 9.79. The van der Waals surface area contributed by atoms with Crippen molar-refractivity contribution in [1.29, 1.82) is 0 Å². The fourth-order valence-corrected chi connectivity index (χ4v) is 3.86. The van der Waals surface area contributed by atoms with Crippen LogP contribution in [-0.4, -0.2) is 21.5 Å². The van der Waals surface area contributed by atoms with Crippen LogP contribution in [0, 0.1) is 5.92 Å². The Bertz CT molecular complexity index is 649. The van der Waals surface area contributed by atoms with Gasteiger partial charge in [0.2, 0.25) is 0 Å². The van der Waals surface area contributed by atoms with Crippen molar-refractivity contribution in [1.82, 2.24) is 9.78 Å². The monoisotopic (exact) mass is 269 g/mol. The number of aryl methyl sites for hydroxylation is 1. The Hall–Kier alpha value is -1.81. The Morgan fingerprint density at radius 1 is 1.30 bits per heavy atom. The normalized spacial score (nSPS) is 26.9. The number of hydrogen-bond acceptors (Lipinski definition) is 3. The minimum Gasteiger partial charge on any atom is -0.394 e. The maximum Gasteiger partial charge on any atom is 0.122 e. The highest BCUT2D eigenvalue weighted by Crippen LogP contribution is 2.64. The SMILES string of the molecule is Nc1cc(C2C3CCc4ccccc4C32)nn1CCO. The Morgan fingerprint density at radius 2 is 2.15 bits per heavy atom. The zero-order valence-corrected chi connectivity index (χ0v) is 11.4. The Labute approximate surface area is 118 Å². The van der Waals surface area contributed by atoms with Gasteiger partial charge in [-0.3, -0.25) is 0 Å². The molecule has 1 heterocycles. The first-order valence-corrected chi connectivity index (χ1v) is 7.31. The van der Waals surface area contributed by atoms with Crippen LogP contribution in [0.15, 0.2) is 30.3 Å². The Balaban J connectivity index is 1.65. The van der Waals surface area contributed by atoms with Crippen LogP contribution in [0.1, 0.15) is 35.1 Å². The number of fused-ring (bicyclic) bond motifs is 3. The van der Waals surface area contributed by atoms with E-state index in [2.05, 4.69) is 29.4 Å². The molecular weight excluding hydrogens is 250 g/mol. The van der Waals surface area contributed by atoms with Crippen LogP contribution in [0.2, 0.25) is 0 Å². The maximum atomic E-state index is 9.03. The van der Waals surface area contributed by atoms with Crippen LogP contribution >= 0.6 is 0 Å². The molecule has 0 aliphatic heterocycles. The summed E-state index contributed by atoms with van der Waals surface area (Å²) < 4.78 is 1.71. The van der Waals surface area contributed by atoms with Crippen molar-refractivity contribution in [2.45, 2.75) is 31.2 Å². The molecule has 0 radical (unpaired) electrons. The fraction of sp³-hybridized carbons (Fsp3) is 0.438. The average Bonchev–Trinajstić information content (AvgIpc) is 3.11. The molecule has 3 unspecified atom stereocenters. The van der Waals surface area contributed by atoms with Crippen molar-refractivity contribution in [2.75, 3.05) is 12.3 Å². The number of nitrogen functional groups attached to an aromatic ring is 1. The third kappa shape index (κ3) is 1.68. The van der Waals surface area contributed by atoms with E-state index in [1.807, 2.05) is 6.07 Å². The van der Waals surface area contributed by atoms with Gasteiger partial charge in [-0.2, -0.15) is 5.10 Å². The number of aliphatic hydroxyl groups excluding tert-OH is 1. The van der Waals surface area contributed by atoms with Crippen LogP contribution in [-0.2, 0) is 13.0 Å². The van der Waals surface area contributed by atoms with Gasteiger partial charge in [0.25, 0.3) is 0 Å². The van der Waals surface area contributed by atoms with Crippen molar-refractivity contribution in [3.8, 4) is 0 Å². The van der Waals surface area contributed by atoms with Crippen molar-refractivity contribution in [3.63, 3.8) is 0 Å². The first kappa shape index (κ1) is 12.0. The van der Waals surface area contributed by atoms with E-state index in [0.717, 1.165) is 11.6 Å². The average molecular weight is 269 g/mol. The zero-order chi connectivity index (χ0) is 13.7. The topological polar surface area (TPSA) is 64.1 Å². The summed E-state index contributed by atoms with van der Waals surface area (Å²) in [4.78, 5) is 0. The number of aromatic nitrogens is 2. The molecule has 1 aromatic carbocycles. The predicted molar refractivity (Wildman–Crippen MR) is 77.5 cm³/mol. The Kier molecular flexibility index (Phi) is 2.60. The molecule has 4 nitrogen and oxygen atoms in total. The molecule has 0 saturated heterocycles. The van der Waals surface area contributed by atoms with Gasteiger partial charge in [0.15, 0.2) is 0 Å². The van der Waals surface area contributed by atoms with E-state index in [1.54, 1.807) is 4.68 Å². The molecule has 1 aromatic heterocycles. The van der Waals surface area contributed by atoms with Gasteiger partial charge in [-0.25, -0.2) is 4.68 Å². The lowest BCUT2D eigenvalue weighted by molar-refractivity contribution is 0.270. The van der Waals surface area contributed by atoms with Crippen molar-refractivity contribution in [2.24, 2.45) is 5.92 Å². The molecule has 3 atom stereocenters. The molecule has 2 aliphatic rings. The molecule has 2 aliphatic carbocycles. The summed E-state index contributed by atoms with van der Waals surface area (Å²) in [5.74, 6) is 2.52. The number of rotatable bonds is 3. The molecular formula is C16H19N3O. The fourth-order valence-electron chi connectivity index (χ4n) is 3.86. The molecule has 0 bridgehead atoms. The van der Waals surface area contributed by atoms with E-state index >= 15 is 0 Å². The van der Waals surface area contributed by atoms with Crippen molar-refractivity contribution < 1.29 is 5.11 Å². The van der Waals surface area contributed by atoms with Crippen LogP contribution in [0.25, 0.3) is 0 Å². The van der Waals surface area contributed by atoms with E-state index in [1.165, 1.54) is 24.0 Å². The molecule has 20 heavy (non-hydrogen) atoms. The van der Waals surface area contributed by atoms with Crippen molar-refractivity contribution in [3.05, 3.63) is 47.2 Å². The summed E-state index contributed by atoms with van der Waals surface area (Å²) in [7, 11) is 0.